The maximum atomic E-state index is 9.67. The van der Waals surface area contributed by atoms with Gasteiger partial charge in [-0.25, -0.2) is 0 Å². The molecule has 0 aromatic carbocycles. The standard InChI is InChI=1S/C9H22N2O2/c1-7(3-4-10)8(13)5-9(2,11)6-12/h7-8,12-13H,3-6,10-11H2,1-2H3. The molecule has 3 atom stereocenters. The van der Waals surface area contributed by atoms with Crippen LogP contribution < -0.4 is 11.5 Å². The summed E-state index contributed by atoms with van der Waals surface area (Å²) in [5.41, 5.74) is 10.4. The summed E-state index contributed by atoms with van der Waals surface area (Å²) < 4.78 is 0. The minimum Gasteiger partial charge on any atom is -0.394 e. The maximum Gasteiger partial charge on any atom is 0.0609 e. The zero-order valence-electron chi connectivity index (χ0n) is 8.53. The molecule has 0 aromatic heterocycles. The van der Waals surface area contributed by atoms with E-state index in [9.17, 15) is 5.11 Å². The number of nitrogens with two attached hydrogens (primary N) is 2. The van der Waals surface area contributed by atoms with E-state index in [0.29, 0.717) is 13.0 Å². The lowest BCUT2D eigenvalue weighted by molar-refractivity contribution is 0.0652. The highest BCUT2D eigenvalue weighted by Crippen LogP contribution is 2.16. The molecule has 0 saturated carbocycles. The molecule has 0 aliphatic carbocycles. The average Bonchev–Trinajstić information content (AvgIpc) is 2.04. The van der Waals surface area contributed by atoms with Crippen molar-refractivity contribution >= 4 is 0 Å². The van der Waals surface area contributed by atoms with Crippen molar-refractivity contribution in [3.05, 3.63) is 0 Å². The van der Waals surface area contributed by atoms with Gasteiger partial charge in [0.1, 0.15) is 0 Å². The van der Waals surface area contributed by atoms with E-state index in [1.165, 1.54) is 0 Å². The number of rotatable bonds is 6. The number of aliphatic hydroxyl groups excluding tert-OH is 2. The van der Waals surface area contributed by atoms with E-state index in [1.54, 1.807) is 6.92 Å². The van der Waals surface area contributed by atoms with Crippen LogP contribution >= 0.6 is 0 Å². The van der Waals surface area contributed by atoms with Crippen molar-refractivity contribution in [1.82, 2.24) is 0 Å². The van der Waals surface area contributed by atoms with E-state index < -0.39 is 11.6 Å². The molecular formula is C9H22N2O2. The predicted molar refractivity (Wildman–Crippen MR) is 53.1 cm³/mol. The largest absolute Gasteiger partial charge is 0.394 e. The van der Waals surface area contributed by atoms with Gasteiger partial charge in [0.15, 0.2) is 0 Å². The first-order valence-corrected chi connectivity index (χ1v) is 4.71. The van der Waals surface area contributed by atoms with Gasteiger partial charge in [-0.15, -0.1) is 0 Å². The third-order valence-electron chi connectivity index (χ3n) is 2.32. The van der Waals surface area contributed by atoms with Gasteiger partial charge in [-0.2, -0.15) is 0 Å². The maximum absolute atomic E-state index is 9.67. The van der Waals surface area contributed by atoms with Crippen LogP contribution in [0.25, 0.3) is 0 Å². The van der Waals surface area contributed by atoms with Crippen molar-refractivity contribution in [3.8, 4) is 0 Å². The summed E-state index contributed by atoms with van der Waals surface area (Å²) in [5.74, 6) is 0.138. The van der Waals surface area contributed by atoms with Crippen LogP contribution in [0.2, 0.25) is 0 Å². The highest BCUT2D eigenvalue weighted by Gasteiger charge is 2.24. The van der Waals surface area contributed by atoms with Gasteiger partial charge in [0.05, 0.1) is 12.7 Å². The Morgan fingerprint density at radius 2 is 2.00 bits per heavy atom. The molecule has 80 valence electrons. The van der Waals surface area contributed by atoms with Crippen molar-refractivity contribution in [2.24, 2.45) is 17.4 Å². The zero-order valence-corrected chi connectivity index (χ0v) is 8.53. The molecule has 0 aliphatic heterocycles. The number of hydrogen-bond acceptors (Lipinski definition) is 4. The fourth-order valence-corrected chi connectivity index (χ4v) is 1.20. The molecule has 3 unspecified atom stereocenters. The Balaban J connectivity index is 3.91. The molecule has 0 fully saturated rings. The number of aliphatic hydroxyl groups is 2. The second kappa shape index (κ2) is 5.54. The Hall–Kier alpha value is -0.160. The summed E-state index contributed by atoms with van der Waals surface area (Å²) in [5, 5.41) is 18.6. The Morgan fingerprint density at radius 3 is 2.38 bits per heavy atom. The quantitative estimate of drug-likeness (QED) is 0.451. The minimum absolute atomic E-state index is 0.112. The van der Waals surface area contributed by atoms with Crippen LogP contribution in [-0.2, 0) is 0 Å². The summed E-state index contributed by atoms with van der Waals surface area (Å²) in [4.78, 5) is 0. The fourth-order valence-electron chi connectivity index (χ4n) is 1.20. The topological polar surface area (TPSA) is 92.5 Å². The van der Waals surface area contributed by atoms with Gasteiger partial charge < -0.3 is 21.7 Å². The Bertz CT molecular complexity index is 140. The van der Waals surface area contributed by atoms with Crippen molar-refractivity contribution < 1.29 is 10.2 Å². The van der Waals surface area contributed by atoms with Crippen LogP contribution in [0.5, 0.6) is 0 Å². The molecule has 4 heteroatoms. The molecule has 0 rings (SSSR count). The van der Waals surface area contributed by atoms with E-state index in [1.807, 2.05) is 6.92 Å². The monoisotopic (exact) mass is 190 g/mol. The molecule has 0 bridgehead atoms. The zero-order chi connectivity index (χ0) is 10.5. The van der Waals surface area contributed by atoms with E-state index in [-0.39, 0.29) is 12.5 Å². The van der Waals surface area contributed by atoms with Gasteiger partial charge in [0, 0.05) is 5.54 Å². The van der Waals surface area contributed by atoms with Crippen molar-refractivity contribution in [2.75, 3.05) is 13.2 Å². The van der Waals surface area contributed by atoms with Crippen LogP contribution in [0.4, 0.5) is 0 Å². The van der Waals surface area contributed by atoms with E-state index in [2.05, 4.69) is 0 Å². The van der Waals surface area contributed by atoms with Gasteiger partial charge in [0.2, 0.25) is 0 Å². The molecule has 0 amide bonds. The minimum atomic E-state index is -0.692. The molecule has 0 heterocycles. The summed E-state index contributed by atoms with van der Waals surface area (Å²) in [6, 6.07) is 0. The van der Waals surface area contributed by atoms with Crippen LogP contribution in [0.3, 0.4) is 0 Å². The van der Waals surface area contributed by atoms with Crippen LogP contribution in [-0.4, -0.2) is 35.0 Å². The molecule has 4 nitrogen and oxygen atoms in total. The third kappa shape index (κ3) is 5.21. The highest BCUT2D eigenvalue weighted by atomic mass is 16.3. The predicted octanol–water partition coefficient (Wildman–Crippen LogP) is -0.568. The first-order valence-electron chi connectivity index (χ1n) is 4.71. The van der Waals surface area contributed by atoms with E-state index in [4.69, 9.17) is 16.6 Å². The van der Waals surface area contributed by atoms with Gasteiger partial charge >= 0.3 is 0 Å². The highest BCUT2D eigenvalue weighted by molar-refractivity contribution is 4.82. The molecule has 6 N–H and O–H groups in total. The van der Waals surface area contributed by atoms with Crippen LogP contribution in [0.15, 0.2) is 0 Å². The summed E-state index contributed by atoms with van der Waals surface area (Å²) in [6.45, 7) is 4.12. The summed E-state index contributed by atoms with van der Waals surface area (Å²) in [7, 11) is 0. The van der Waals surface area contributed by atoms with Crippen molar-refractivity contribution in [3.63, 3.8) is 0 Å². The molecule has 0 aliphatic rings. The Morgan fingerprint density at radius 1 is 1.46 bits per heavy atom. The molecular weight excluding hydrogens is 168 g/mol. The lowest BCUT2D eigenvalue weighted by Crippen LogP contribution is -2.44. The molecule has 0 saturated heterocycles. The molecule has 0 spiro atoms. The van der Waals surface area contributed by atoms with Crippen molar-refractivity contribution in [1.29, 1.82) is 0 Å². The molecule has 13 heavy (non-hydrogen) atoms. The van der Waals surface area contributed by atoms with Gasteiger partial charge in [-0.3, -0.25) is 0 Å². The van der Waals surface area contributed by atoms with Gasteiger partial charge in [0.25, 0.3) is 0 Å². The first kappa shape index (κ1) is 12.8. The Labute approximate surface area is 79.9 Å². The summed E-state index contributed by atoms with van der Waals surface area (Å²) >= 11 is 0. The lowest BCUT2D eigenvalue weighted by atomic mass is 9.89. The lowest BCUT2D eigenvalue weighted by Gasteiger charge is -2.28. The average molecular weight is 190 g/mol. The Kier molecular flexibility index (Phi) is 5.48. The van der Waals surface area contributed by atoms with E-state index in [0.717, 1.165) is 6.42 Å². The van der Waals surface area contributed by atoms with Gasteiger partial charge in [-0.1, -0.05) is 6.92 Å². The first-order chi connectivity index (χ1) is 5.93. The SMILES string of the molecule is CC(CCN)C(O)CC(C)(N)CO. The van der Waals surface area contributed by atoms with Gasteiger partial charge in [-0.05, 0) is 32.2 Å². The fraction of sp³-hybridized carbons (Fsp3) is 1.00. The van der Waals surface area contributed by atoms with Crippen molar-refractivity contribution in [2.45, 2.75) is 38.3 Å². The van der Waals surface area contributed by atoms with Crippen LogP contribution in [0, 0.1) is 5.92 Å². The second-order valence-electron chi connectivity index (χ2n) is 4.14. The number of hydrogen-bond donors (Lipinski definition) is 4. The summed E-state index contributed by atoms with van der Waals surface area (Å²) in [6.07, 6.45) is 0.707. The van der Waals surface area contributed by atoms with E-state index >= 15 is 0 Å². The normalized spacial score (nSPS) is 20.8. The molecule has 0 radical (unpaired) electrons. The third-order valence-corrected chi connectivity index (χ3v) is 2.32. The smallest absolute Gasteiger partial charge is 0.0609 e. The second-order valence-corrected chi connectivity index (χ2v) is 4.14. The molecule has 0 aromatic rings. The van der Waals surface area contributed by atoms with Crippen LogP contribution in [0.1, 0.15) is 26.7 Å².